The normalized spacial score (nSPS) is 55.0. The molecule has 0 aromatic carbocycles. The van der Waals surface area contributed by atoms with Crippen molar-refractivity contribution in [2.75, 3.05) is 0 Å². The number of aliphatic hydroxyl groups excluding tert-OH is 1. The van der Waals surface area contributed by atoms with E-state index in [1.807, 2.05) is 6.92 Å². The van der Waals surface area contributed by atoms with Crippen molar-refractivity contribution in [2.45, 2.75) is 89.4 Å². The summed E-state index contributed by atoms with van der Waals surface area (Å²) in [6.07, 6.45) is 7.34. The Morgan fingerprint density at radius 1 is 1.12 bits per heavy atom. The summed E-state index contributed by atoms with van der Waals surface area (Å²) in [6, 6.07) is 0. The van der Waals surface area contributed by atoms with Gasteiger partial charge in [-0.1, -0.05) is 25.5 Å². The van der Waals surface area contributed by atoms with E-state index in [0.29, 0.717) is 25.7 Å². The zero-order chi connectivity index (χ0) is 18.3. The Bertz CT molecular complexity index is 642. The van der Waals surface area contributed by atoms with Crippen molar-refractivity contribution in [1.29, 1.82) is 0 Å². The van der Waals surface area contributed by atoms with E-state index >= 15 is 0 Å². The van der Waals surface area contributed by atoms with Crippen LogP contribution in [-0.2, 0) is 4.79 Å². The number of ketones is 1. The lowest BCUT2D eigenvalue weighted by molar-refractivity contribution is -0.271. The van der Waals surface area contributed by atoms with Crippen LogP contribution in [0.3, 0.4) is 0 Å². The Labute approximate surface area is 150 Å². The van der Waals surface area contributed by atoms with Crippen molar-refractivity contribution in [3.8, 4) is 0 Å². The number of fused-ring (bicyclic) bond motifs is 5. The van der Waals surface area contributed by atoms with Gasteiger partial charge >= 0.3 is 0 Å². The largest absolute Gasteiger partial charge is 0.393 e. The topological polar surface area (TPSA) is 77.8 Å². The Kier molecular flexibility index (Phi) is 3.66. The molecule has 4 aliphatic rings. The number of hydrogen-bond donors (Lipinski definition) is 3. The van der Waals surface area contributed by atoms with E-state index in [1.54, 1.807) is 6.92 Å². The highest BCUT2D eigenvalue weighted by Crippen LogP contribution is 2.69. The molecule has 3 saturated carbocycles. The fourth-order valence-electron chi connectivity index (χ4n) is 7.33. The Morgan fingerprint density at radius 3 is 2.52 bits per heavy atom. The molecule has 4 heteroatoms. The second-order valence-corrected chi connectivity index (χ2v) is 9.74. The minimum absolute atomic E-state index is 0.00344. The molecule has 0 unspecified atom stereocenters. The van der Waals surface area contributed by atoms with E-state index in [1.165, 1.54) is 5.57 Å². The molecule has 0 aromatic heterocycles. The predicted molar refractivity (Wildman–Crippen MR) is 94.8 cm³/mol. The second kappa shape index (κ2) is 5.17. The van der Waals surface area contributed by atoms with E-state index in [9.17, 15) is 20.1 Å². The summed E-state index contributed by atoms with van der Waals surface area (Å²) in [5.74, 6) is -0.0235. The molecule has 0 spiro atoms. The number of Topliss-reactive ketones (excluding diaryl/α,β-unsaturated/α-hetero) is 1. The van der Waals surface area contributed by atoms with Crippen molar-refractivity contribution in [3.63, 3.8) is 0 Å². The Hall–Kier alpha value is -0.710. The van der Waals surface area contributed by atoms with Crippen LogP contribution in [-0.4, -0.2) is 38.4 Å². The van der Waals surface area contributed by atoms with Crippen LogP contribution in [0.2, 0.25) is 0 Å². The number of rotatable bonds is 1. The van der Waals surface area contributed by atoms with Gasteiger partial charge in [0.2, 0.25) is 0 Å². The summed E-state index contributed by atoms with van der Waals surface area (Å²) >= 11 is 0. The van der Waals surface area contributed by atoms with Crippen LogP contribution in [0.4, 0.5) is 0 Å². The molecule has 3 fully saturated rings. The first-order chi connectivity index (χ1) is 11.6. The SMILES string of the molecule is CC(=O)[C@H]1CC[C@@]2(O)[C@]1(C)CC[C@H]1[C@@]3(C)CC[C@H](O)CC3=CC[C@]12O. The molecule has 7 atom stereocenters. The lowest BCUT2D eigenvalue weighted by atomic mass is 9.43. The maximum Gasteiger partial charge on any atom is 0.133 e. The minimum atomic E-state index is -1.21. The maximum absolute atomic E-state index is 12.2. The van der Waals surface area contributed by atoms with E-state index in [0.717, 1.165) is 25.7 Å². The zero-order valence-corrected chi connectivity index (χ0v) is 15.7. The van der Waals surface area contributed by atoms with Gasteiger partial charge in [-0.3, -0.25) is 4.79 Å². The summed E-state index contributed by atoms with van der Waals surface area (Å²) in [5.41, 5.74) is -1.82. The fourth-order valence-corrected chi connectivity index (χ4v) is 7.33. The molecule has 4 nitrogen and oxygen atoms in total. The lowest BCUT2D eigenvalue weighted by Crippen LogP contribution is -2.71. The van der Waals surface area contributed by atoms with Crippen molar-refractivity contribution >= 4 is 5.78 Å². The smallest absolute Gasteiger partial charge is 0.133 e. The van der Waals surface area contributed by atoms with E-state index < -0.39 is 16.6 Å². The van der Waals surface area contributed by atoms with E-state index in [2.05, 4.69) is 13.0 Å². The van der Waals surface area contributed by atoms with E-state index in [-0.39, 0.29) is 29.1 Å². The summed E-state index contributed by atoms with van der Waals surface area (Å²) in [6.45, 7) is 5.86. The first-order valence-corrected chi connectivity index (χ1v) is 9.91. The molecule has 0 aliphatic heterocycles. The van der Waals surface area contributed by atoms with E-state index in [4.69, 9.17) is 0 Å². The molecule has 0 bridgehead atoms. The second-order valence-electron chi connectivity index (χ2n) is 9.74. The molecule has 25 heavy (non-hydrogen) atoms. The van der Waals surface area contributed by atoms with Crippen LogP contribution >= 0.6 is 0 Å². The fraction of sp³-hybridized carbons (Fsp3) is 0.857. The third-order valence-electron chi connectivity index (χ3n) is 8.86. The summed E-state index contributed by atoms with van der Waals surface area (Å²) in [4.78, 5) is 12.2. The van der Waals surface area contributed by atoms with Gasteiger partial charge in [0.25, 0.3) is 0 Å². The maximum atomic E-state index is 12.2. The molecule has 3 N–H and O–H groups in total. The van der Waals surface area contributed by atoms with Crippen molar-refractivity contribution in [1.82, 2.24) is 0 Å². The van der Waals surface area contributed by atoms with Gasteiger partial charge in [0, 0.05) is 11.3 Å². The molecule has 0 amide bonds. The predicted octanol–water partition coefficient (Wildman–Crippen LogP) is 2.75. The summed E-state index contributed by atoms with van der Waals surface area (Å²) in [7, 11) is 0. The third-order valence-corrected chi connectivity index (χ3v) is 8.86. The van der Waals surface area contributed by atoms with Crippen molar-refractivity contribution < 1.29 is 20.1 Å². The van der Waals surface area contributed by atoms with Gasteiger partial charge in [-0.15, -0.1) is 0 Å². The molecular weight excluding hydrogens is 316 g/mol. The van der Waals surface area contributed by atoms with Gasteiger partial charge in [-0.2, -0.15) is 0 Å². The highest BCUT2D eigenvalue weighted by Gasteiger charge is 2.73. The molecule has 4 rings (SSSR count). The monoisotopic (exact) mass is 348 g/mol. The summed E-state index contributed by atoms with van der Waals surface area (Å²) in [5, 5.41) is 33.8. The van der Waals surface area contributed by atoms with Gasteiger partial charge in [-0.05, 0) is 69.6 Å². The molecule has 0 saturated heterocycles. The summed E-state index contributed by atoms with van der Waals surface area (Å²) < 4.78 is 0. The molecule has 4 aliphatic carbocycles. The van der Waals surface area contributed by atoms with Gasteiger partial charge in [0.15, 0.2) is 0 Å². The molecule has 140 valence electrons. The molecule has 0 heterocycles. The van der Waals surface area contributed by atoms with Gasteiger partial charge in [0.05, 0.1) is 11.7 Å². The first-order valence-electron chi connectivity index (χ1n) is 9.91. The van der Waals surface area contributed by atoms with Gasteiger partial charge in [0.1, 0.15) is 11.4 Å². The molecular formula is C21H32O4. The number of carbonyl (C=O) groups excluding carboxylic acids is 1. The minimum Gasteiger partial charge on any atom is -0.393 e. The number of carbonyl (C=O) groups is 1. The highest BCUT2D eigenvalue weighted by molar-refractivity contribution is 5.80. The highest BCUT2D eigenvalue weighted by atomic mass is 16.4. The van der Waals surface area contributed by atoms with Crippen LogP contribution < -0.4 is 0 Å². The van der Waals surface area contributed by atoms with Gasteiger partial charge < -0.3 is 15.3 Å². The average Bonchev–Trinajstić information content (AvgIpc) is 2.82. The van der Waals surface area contributed by atoms with Crippen LogP contribution in [0.15, 0.2) is 11.6 Å². The van der Waals surface area contributed by atoms with Crippen LogP contribution in [0, 0.1) is 22.7 Å². The third kappa shape index (κ3) is 1.97. The van der Waals surface area contributed by atoms with Gasteiger partial charge in [-0.25, -0.2) is 0 Å². The Balaban J connectivity index is 1.79. The zero-order valence-electron chi connectivity index (χ0n) is 15.7. The first kappa shape index (κ1) is 17.7. The average molecular weight is 348 g/mol. The Morgan fingerprint density at radius 2 is 1.84 bits per heavy atom. The number of hydrogen-bond acceptors (Lipinski definition) is 4. The molecule has 0 aromatic rings. The quantitative estimate of drug-likeness (QED) is 0.637. The number of aliphatic hydroxyl groups is 3. The van der Waals surface area contributed by atoms with Crippen LogP contribution in [0.1, 0.15) is 72.1 Å². The van der Waals surface area contributed by atoms with Crippen molar-refractivity contribution in [2.24, 2.45) is 22.7 Å². The van der Waals surface area contributed by atoms with Crippen molar-refractivity contribution in [3.05, 3.63) is 11.6 Å². The standard InChI is InChI=1S/C21H32O4/c1-13(22)16-6-11-21(25)19(16,3)9-7-17-18(2)8-5-15(23)12-14(18)4-10-20(17,21)24/h4,15-17,23-25H,5-12H2,1-3H3/t15-,16+,17-,18-,19+,20-,21+/m0/s1. The van der Waals surface area contributed by atoms with Crippen LogP contribution in [0.5, 0.6) is 0 Å². The molecule has 0 radical (unpaired) electrons. The lowest BCUT2D eigenvalue weighted by Gasteiger charge is -2.65. The van der Waals surface area contributed by atoms with Crippen LogP contribution in [0.25, 0.3) is 0 Å².